The second-order valence-electron chi connectivity index (χ2n) is 26.0. The van der Waals surface area contributed by atoms with Crippen LogP contribution in [0.3, 0.4) is 0 Å². The zero-order chi connectivity index (χ0) is 65.7. The molecule has 0 aromatic heterocycles. The normalized spacial score (nSPS) is 14.4. The summed E-state index contributed by atoms with van der Waals surface area (Å²) >= 11 is 0. The van der Waals surface area contributed by atoms with Crippen LogP contribution in [0.1, 0.15) is 356 Å². The average molecular weight is 1310 g/mol. The predicted octanol–water partition coefficient (Wildman–Crippen LogP) is 20.0. The van der Waals surface area contributed by atoms with Crippen molar-refractivity contribution >= 4 is 39.5 Å². The first-order valence-corrected chi connectivity index (χ1v) is 39.5. The van der Waals surface area contributed by atoms with Gasteiger partial charge < -0.3 is 33.8 Å². The Morgan fingerprint density at radius 1 is 0.326 bits per heavy atom. The van der Waals surface area contributed by atoms with Crippen molar-refractivity contribution in [2.24, 2.45) is 11.8 Å². The van der Waals surface area contributed by atoms with Crippen molar-refractivity contribution < 1.29 is 80.2 Å². The molecule has 0 aromatic rings. The van der Waals surface area contributed by atoms with Gasteiger partial charge >= 0.3 is 39.5 Å². The van der Waals surface area contributed by atoms with E-state index >= 15 is 0 Å². The lowest BCUT2D eigenvalue weighted by Gasteiger charge is -2.21. The van der Waals surface area contributed by atoms with Gasteiger partial charge in [0.2, 0.25) is 0 Å². The molecule has 0 amide bonds. The summed E-state index contributed by atoms with van der Waals surface area (Å²) in [6.07, 6.45) is 47.0. The van der Waals surface area contributed by atoms with Crippen LogP contribution < -0.4 is 0 Å². The number of carbonyl (C=O) groups excluding carboxylic acids is 4. The van der Waals surface area contributed by atoms with E-state index in [1.807, 2.05) is 0 Å². The van der Waals surface area contributed by atoms with Gasteiger partial charge in [-0.05, 0) is 37.5 Å². The van der Waals surface area contributed by atoms with Gasteiger partial charge in [-0.3, -0.25) is 37.3 Å². The van der Waals surface area contributed by atoms with E-state index in [0.717, 1.165) is 102 Å². The molecule has 3 unspecified atom stereocenters. The van der Waals surface area contributed by atoms with Gasteiger partial charge in [-0.15, -0.1) is 0 Å². The van der Waals surface area contributed by atoms with Gasteiger partial charge in [-0.25, -0.2) is 9.13 Å². The van der Waals surface area contributed by atoms with Gasteiger partial charge in [-0.2, -0.15) is 0 Å². The van der Waals surface area contributed by atoms with Crippen LogP contribution in [0.4, 0.5) is 0 Å². The molecular weight excluding hydrogens is 1170 g/mol. The summed E-state index contributed by atoms with van der Waals surface area (Å²) in [5.74, 6) is -0.529. The van der Waals surface area contributed by atoms with E-state index in [1.54, 1.807) is 0 Å². The molecule has 0 fully saturated rings. The summed E-state index contributed by atoms with van der Waals surface area (Å²) in [5.41, 5.74) is 0. The third-order valence-corrected chi connectivity index (χ3v) is 18.5. The van der Waals surface area contributed by atoms with Gasteiger partial charge in [0.15, 0.2) is 12.2 Å². The second-order valence-corrected chi connectivity index (χ2v) is 28.9. The van der Waals surface area contributed by atoms with E-state index in [2.05, 4.69) is 41.5 Å². The zero-order valence-corrected chi connectivity index (χ0v) is 59.5. The Labute approximate surface area is 543 Å². The van der Waals surface area contributed by atoms with Crippen LogP contribution in [-0.4, -0.2) is 96.7 Å². The number of phosphoric acid groups is 2. The molecule has 0 saturated heterocycles. The standard InChI is InChI=1S/C70H136O17P2/c1-7-10-12-14-16-18-29-36-42-48-54-69(74)86-65(58-80-67(72)52-46-40-34-26-17-15-13-11-8-2)60-84-88(76,77)82-56-64(71)57-83-89(78,79)85-61-66(59-81-68(73)53-47-41-35-30-25-24-28-33-39-45-51-63(6)9-3)87-70(75)55-49-43-37-31-23-21-19-20-22-27-32-38-44-50-62(4)5/h62-66,71H,7-61H2,1-6H3,(H,76,77)(H,78,79)/t63?,64-,65+,66+/m0/s1. The number of carbonyl (C=O) groups is 4. The Morgan fingerprint density at radius 3 is 0.854 bits per heavy atom. The Morgan fingerprint density at radius 2 is 0.573 bits per heavy atom. The van der Waals surface area contributed by atoms with E-state index in [0.29, 0.717) is 25.7 Å². The number of rotatable bonds is 69. The van der Waals surface area contributed by atoms with E-state index in [4.69, 9.17) is 37.0 Å². The van der Waals surface area contributed by atoms with Gasteiger partial charge in [-0.1, -0.05) is 305 Å². The topological polar surface area (TPSA) is 237 Å². The first-order chi connectivity index (χ1) is 42.9. The maximum Gasteiger partial charge on any atom is 0.472 e. The molecule has 0 spiro atoms. The molecule has 3 N–H and O–H groups in total. The highest BCUT2D eigenvalue weighted by Crippen LogP contribution is 2.45. The fourth-order valence-corrected chi connectivity index (χ4v) is 12.1. The number of aliphatic hydroxyl groups excluding tert-OH is 1. The number of phosphoric ester groups is 2. The fraction of sp³-hybridized carbons (Fsp3) is 0.943. The lowest BCUT2D eigenvalue weighted by Crippen LogP contribution is -2.30. The number of esters is 4. The van der Waals surface area contributed by atoms with Crippen LogP contribution in [0.2, 0.25) is 0 Å². The van der Waals surface area contributed by atoms with Crippen LogP contribution in [0.5, 0.6) is 0 Å². The minimum Gasteiger partial charge on any atom is -0.462 e. The molecule has 89 heavy (non-hydrogen) atoms. The van der Waals surface area contributed by atoms with Gasteiger partial charge in [0.1, 0.15) is 19.3 Å². The van der Waals surface area contributed by atoms with Crippen molar-refractivity contribution in [2.45, 2.75) is 374 Å². The maximum atomic E-state index is 13.0. The van der Waals surface area contributed by atoms with Crippen molar-refractivity contribution in [1.29, 1.82) is 0 Å². The Kier molecular flexibility index (Phi) is 60.8. The molecule has 0 rings (SSSR count). The molecule has 19 heteroatoms. The minimum atomic E-state index is -4.95. The molecule has 0 saturated carbocycles. The summed E-state index contributed by atoms with van der Waals surface area (Å²) in [5, 5.41) is 10.6. The third kappa shape index (κ3) is 63.2. The smallest absolute Gasteiger partial charge is 0.462 e. The summed E-state index contributed by atoms with van der Waals surface area (Å²) in [6.45, 7) is 9.57. The first-order valence-electron chi connectivity index (χ1n) is 36.5. The molecule has 0 heterocycles. The van der Waals surface area contributed by atoms with Crippen LogP contribution in [0.25, 0.3) is 0 Å². The molecule has 0 aliphatic rings. The number of aliphatic hydroxyl groups is 1. The minimum absolute atomic E-state index is 0.106. The number of ether oxygens (including phenoxy) is 4. The van der Waals surface area contributed by atoms with Crippen molar-refractivity contribution in [2.75, 3.05) is 39.6 Å². The SMILES string of the molecule is CCCCCCCCCCCCC(=O)O[C@H](COC(=O)CCCCCCCCCCC)COP(=O)(O)OC[C@H](O)COP(=O)(O)OC[C@@H](COC(=O)CCCCCCCCCCCCC(C)CC)OC(=O)CCCCCCCCCCCCCCCC(C)C. The zero-order valence-electron chi connectivity index (χ0n) is 57.7. The van der Waals surface area contributed by atoms with E-state index in [9.17, 15) is 43.2 Å². The first kappa shape index (κ1) is 87.1. The molecule has 0 radical (unpaired) electrons. The average Bonchev–Trinajstić information content (AvgIpc) is 3.50. The van der Waals surface area contributed by atoms with Crippen LogP contribution in [0.15, 0.2) is 0 Å². The lowest BCUT2D eigenvalue weighted by molar-refractivity contribution is -0.161. The molecule has 0 aromatic carbocycles. The molecular formula is C70H136O17P2. The predicted molar refractivity (Wildman–Crippen MR) is 358 cm³/mol. The molecule has 6 atom stereocenters. The molecule has 17 nitrogen and oxygen atoms in total. The summed E-state index contributed by atoms with van der Waals surface area (Å²) < 4.78 is 68.2. The molecule has 0 aliphatic heterocycles. The van der Waals surface area contributed by atoms with Crippen molar-refractivity contribution in [3.8, 4) is 0 Å². The fourth-order valence-electron chi connectivity index (χ4n) is 10.6. The van der Waals surface area contributed by atoms with E-state index in [1.165, 1.54) is 173 Å². The third-order valence-electron chi connectivity index (χ3n) is 16.6. The van der Waals surface area contributed by atoms with E-state index in [-0.39, 0.29) is 25.7 Å². The lowest BCUT2D eigenvalue weighted by atomic mass is 9.99. The van der Waals surface area contributed by atoms with Crippen LogP contribution in [-0.2, 0) is 65.4 Å². The number of unbranched alkanes of at least 4 members (excludes halogenated alkanes) is 38. The summed E-state index contributed by atoms with van der Waals surface area (Å²) in [6, 6.07) is 0. The van der Waals surface area contributed by atoms with Gasteiger partial charge in [0.25, 0.3) is 0 Å². The van der Waals surface area contributed by atoms with E-state index < -0.39 is 97.5 Å². The summed E-state index contributed by atoms with van der Waals surface area (Å²) in [7, 11) is -9.90. The number of hydrogen-bond donors (Lipinski definition) is 3. The van der Waals surface area contributed by atoms with Crippen LogP contribution >= 0.6 is 15.6 Å². The van der Waals surface area contributed by atoms with Crippen LogP contribution in [0, 0.1) is 11.8 Å². The molecule has 0 bridgehead atoms. The highest BCUT2D eigenvalue weighted by atomic mass is 31.2. The Balaban J connectivity index is 5.23. The monoisotopic (exact) mass is 1310 g/mol. The van der Waals surface area contributed by atoms with Crippen molar-refractivity contribution in [3.63, 3.8) is 0 Å². The Bertz CT molecular complexity index is 1740. The summed E-state index contributed by atoms with van der Waals surface area (Å²) in [4.78, 5) is 72.5. The van der Waals surface area contributed by atoms with Crippen molar-refractivity contribution in [1.82, 2.24) is 0 Å². The van der Waals surface area contributed by atoms with Crippen molar-refractivity contribution in [3.05, 3.63) is 0 Å². The van der Waals surface area contributed by atoms with Gasteiger partial charge in [0, 0.05) is 25.7 Å². The largest absolute Gasteiger partial charge is 0.472 e. The Hall–Kier alpha value is -1.94. The number of hydrogen-bond acceptors (Lipinski definition) is 15. The molecule has 0 aliphatic carbocycles. The quantitative estimate of drug-likeness (QED) is 0.0222. The maximum absolute atomic E-state index is 13.0. The molecule has 528 valence electrons. The second kappa shape index (κ2) is 62.2. The van der Waals surface area contributed by atoms with Gasteiger partial charge in [0.05, 0.1) is 26.4 Å². The highest BCUT2D eigenvalue weighted by molar-refractivity contribution is 7.47. The highest BCUT2D eigenvalue weighted by Gasteiger charge is 2.30.